The second-order valence-corrected chi connectivity index (χ2v) is 9.27. The van der Waals surface area contributed by atoms with Crippen LogP contribution >= 0.6 is 11.6 Å². The number of nitrogens with one attached hydrogen (secondary N) is 1. The Balaban J connectivity index is 0.000000509. The minimum absolute atomic E-state index is 0.111. The van der Waals surface area contributed by atoms with Crippen LogP contribution in [-0.2, 0) is 19.6 Å². The smallest absolute Gasteiger partial charge is 0.480 e. The Morgan fingerprint density at radius 1 is 1.15 bits per heavy atom. The van der Waals surface area contributed by atoms with Gasteiger partial charge in [0.05, 0.1) is 9.92 Å². The van der Waals surface area contributed by atoms with Gasteiger partial charge in [-0.2, -0.15) is 22.9 Å². The Kier molecular flexibility index (Phi) is 7.95. The lowest BCUT2D eigenvalue weighted by Crippen LogP contribution is -2.52. The van der Waals surface area contributed by atoms with Gasteiger partial charge in [-0.3, -0.25) is 4.79 Å². The summed E-state index contributed by atoms with van der Waals surface area (Å²) in [6.45, 7) is 0. The highest BCUT2D eigenvalue weighted by Gasteiger charge is 2.44. The molecule has 0 unspecified atom stereocenters. The van der Waals surface area contributed by atoms with Gasteiger partial charge in [0, 0.05) is 17.0 Å². The number of carboxylic acids is 2. The van der Waals surface area contributed by atoms with Crippen LogP contribution in [0.1, 0.15) is 25.7 Å². The van der Waals surface area contributed by atoms with Crippen LogP contribution in [0, 0.1) is 0 Å². The van der Waals surface area contributed by atoms with E-state index in [1.807, 2.05) is 0 Å². The molecule has 186 valence electrons. The Hall–Kier alpha value is -3.17. The third-order valence-electron chi connectivity index (χ3n) is 4.77. The van der Waals surface area contributed by atoms with Crippen molar-refractivity contribution in [2.75, 3.05) is 0 Å². The number of carbonyl (C=O) groups is 2. The van der Waals surface area contributed by atoms with Crippen LogP contribution < -0.4 is 16.2 Å². The maximum atomic E-state index is 12.8. The van der Waals surface area contributed by atoms with Crippen LogP contribution in [0.25, 0.3) is 10.8 Å². The Labute approximate surface area is 195 Å². The fourth-order valence-corrected chi connectivity index (χ4v) is 4.86. The van der Waals surface area contributed by atoms with E-state index < -0.39 is 33.7 Å². The summed E-state index contributed by atoms with van der Waals surface area (Å²) < 4.78 is 59.8. The number of pyridine rings is 1. The molecule has 0 atom stereocenters. The summed E-state index contributed by atoms with van der Waals surface area (Å²) in [5, 5.41) is 17.8. The van der Waals surface area contributed by atoms with Crippen molar-refractivity contribution in [3.05, 3.63) is 29.4 Å². The van der Waals surface area contributed by atoms with E-state index >= 15 is 0 Å². The Morgan fingerprint density at radius 3 is 2.18 bits per heavy atom. The molecule has 3 rings (SSSR count). The van der Waals surface area contributed by atoms with Crippen LogP contribution in [-0.4, -0.2) is 53.2 Å². The monoisotopic (exact) mass is 525 g/mol. The molecule has 1 aromatic heterocycles. The van der Waals surface area contributed by atoms with E-state index in [4.69, 9.17) is 33.0 Å². The van der Waals surface area contributed by atoms with Gasteiger partial charge in [0.15, 0.2) is 11.8 Å². The van der Waals surface area contributed by atoms with Gasteiger partial charge in [0.1, 0.15) is 5.54 Å². The van der Waals surface area contributed by atoms with Gasteiger partial charge in [0.2, 0.25) is 10.0 Å². The molecule has 1 aliphatic carbocycles. The van der Waals surface area contributed by atoms with Crippen molar-refractivity contribution in [3.63, 3.8) is 0 Å². The molecule has 0 aliphatic heterocycles. The average Bonchev–Trinajstić information content (AvgIpc) is 3.18. The summed E-state index contributed by atoms with van der Waals surface area (Å²) in [5.41, 5.74) is 9.29. The first-order valence-electron chi connectivity index (χ1n) is 9.34. The molecular formula is C18H19ClF3N5O6S. The number of aromatic nitrogens is 1. The number of nitrogens with zero attached hydrogens (tertiary/aromatic N) is 2. The van der Waals surface area contributed by atoms with Gasteiger partial charge in [0.25, 0.3) is 0 Å². The molecule has 11 nitrogen and oxygen atoms in total. The number of halogens is 4. The molecule has 34 heavy (non-hydrogen) atoms. The van der Waals surface area contributed by atoms with Crippen LogP contribution in [0.3, 0.4) is 0 Å². The molecule has 7 N–H and O–H groups in total. The predicted molar refractivity (Wildman–Crippen MR) is 115 cm³/mol. The highest BCUT2D eigenvalue weighted by atomic mass is 35.5. The third-order valence-corrected chi connectivity index (χ3v) is 6.61. The van der Waals surface area contributed by atoms with Crippen molar-refractivity contribution in [1.82, 2.24) is 9.71 Å². The molecule has 0 bridgehead atoms. The number of carboxylic acid groups (broad SMARTS) is 2. The quantitative estimate of drug-likeness (QED) is 0.286. The van der Waals surface area contributed by atoms with E-state index in [9.17, 15) is 31.5 Å². The van der Waals surface area contributed by atoms with E-state index in [1.165, 1.54) is 24.4 Å². The standard InChI is InChI=1S/C16H18ClN5O4S.C2HF3O2/c17-12-8-20-13(21-15(18)19)11-7-9(3-4-10(11)12)27(25,26)22-16(14(23)24)5-1-2-6-16;3-2(4,5)1(6)7/h3-4,7-8,22H,1-2,5-6H2,(H,23,24)(H4,18,19,20,21);(H,6,7). The van der Waals surface area contributed by atoms with Gasteiger partial charge < -0.3 is 21.7 Å². The van der Waals surface area contributed by atoms with Gasteiger partial charge >= 0.3 is 18.1 Å². The first kappa shape index (κ1) is 27.1. The average molecular weight is 526 g/mol. The van der Waals surface area contributed by atoms with E-state index in [-0.39, 0.29) is 29.5 Å². The third kappa shape index (κ3) is 6.24. The highest BCUT2D eigenvalue weighted by molar-refractivity contribution is 7.89. The number of aliphatic imine (C=N–C) groups is 1. The molecule has 1 saturated carbocycles. The van der Waals surface area contributed by atoms with Crippen LogP contribution in [0.4, 0.5) is 19.0 Å². The molecule has 1 aliphatic rings. The normalized spacial score (nSPS) is 15.3. The second-order valence-electron chi connectivity index (χ2n) is 7.18. The maximum Gasteiger partial charge on any atom is 0.490 e. The molecular weight excluding hydrogens is 507 g/mol. The van der Waals surface area contributed by atoms with Gasteiger partial charge in [-0.05, 0) is 25.0 Å². The molecule has 1 heterocycles. The predicted octanol–water partition coefficient (Wildman–Crippen LogP) is 2.10. The zero-order chi connectivity index (χ0) is 25.9. The van der Waals surface area contributed by atoms with E-state index in [1.54, 1.807) is 0 Å². The summed E-state index contributed by atoms with van der Waals surface area (Å²) in [4.78, 5) is 28.4. The lowest BCUT2D eigenvalue weighted by molar-refractivity contribution is -0.192. The summed E-state index contributed by atoms with van der Waals surface area (Å²) in [7, 11) is -4.11. The number of rotatable bonds is 5. The number of fused-ring (bicyclic) bond motifs is 1. The van der Waals surface area contributed by atoms with Crippen molar-refractivity contribution in [1.29, 1.82) is 0 Å². The molecule has 0 radical (unpaired) electrons. The van der Waals surface area contributed by atoms with Crippen molar-refractivity contribution in [2.24, 2.45) is 16.5 Å². The lowest BCUT2D eigenvalue weighted by atomic mass is 10.0. The second kappa shape index (κ2) is 9.99. The summed E-state index contributed by atoms with van der Waals surface area (Å²) in [6, 6.07) is 4.17. The Bertz CT molecular complexity index is 1240. The number of benzene rings is 1. The van der Waals surface area contributed by atoms with Crippen molar-refractivity contribution < 1.29 is 41.4 Å². The fourth-order valence-electron chi connectivity index (χ4n) is 3.21. The Morgan fingerprint density at radius 2 is 1.71 bits per heavy atom. The lowest BCUT2D eigenvalue weighted by Gasteiger charge is -2.25. The van der Waals surface area contributed by atoms with Crippen molar-refractivity contribution >= 4 is 56.1 Å². The zero-order valence-electron chi connectivity index (χ0n) is 17.1. The van der Waals surface area contributed by atoms with Crippen LogP contribution in [0.2, 0.25) is 5.02 Å². The first-order valence-corrected chi connectivity index (χ1v) is 11.2. The summed E-state index contributed by atoms with van der Waals surface area (Å²) in [6.07, 6.45) is -1.97. The minimum Gasteiger partial charge on any atom is -0.480 e. The minimum atomic E-state index is -5.08. The van der Waals surface area contributed by atoms with Gasteiger partial charge in [-0.15, -0.1) is 0 Å². The van der Waals surface area contributed by atoms with Gasteiger partial charge in [-0.1, -0.05) is 30.5 Å². The fraction of sp³-hybridized carbons (Fsp3) is 0.333. The molecule has 0 saturated heterocycles. The van der Waals surface area contributed by atoms with E-state index in [2.05, 4.69) is 14.7 Å². The van der Waals surface area contributed by atoms with Gasteiger partial charge in [-0.25, -0.2) is 18.2 Å². The van der Waals surface area contributed by atoms with Crippen LogP contribution in [0.5, 0.6) is 0 Å². The number of hydrogen-bond donors (Lipinski definition) is 5. The maximum absolute atomic E-state index is 12.8. The molecule has 2 aromatic rings. The number of aliphatic carboxylic acids is 2. The zero-order valence-corrected chi connectivity index (χ0v) is 18.7. The summed E-state index contributed by atoms with van der Waals surface area (Å²) >= 11 is 6.12. The molecule has 16 heteroatoms. The molecule has 1 fully saturated rings. The van der Waals surface area contributed by atoms with Crippen molar-refractivity contribution in [3.8, 4) is 0 Å². The van der Waals surface area contributed by atoms with E-state index in [0.29, 0.717) is 28.6 Å². The topological polar surface area (TPSA) is 198 Å². The molecule has 0 amide bonds. The highest BCUT2D eigenvalue weighted by Crippen LogP contribution is 2.34. The number of nitrogens with two attached hydrogens (primary N) is 2. The number of alkyl halides is 3. The SMILES string of the molecule is NC(N)=Nc1ncc(Cl)c2ccc(S(=O)(=O)NC3(C(=O)O)CCCC3)cc12.O=C(O)C(F)(F)F. The molecule has 1 aromatic carbocycles. The molecule has 0 spiro atoms. The van der Waals surface area contributed by atoms with Crippen molar-refractivity contribution in [2.45, 2.75) is 42.3 Å². The van der Waals surface area contributed by atoms with Crippen LogP contribution in [0.15, 0.2) is 34.3 Å². The first-order chi connectivity index (χ1) is 15.6. The largest absolute Gasteiger partial charge is 0.490 e. The number of guanidine groups is 1. The van der Waals surface area contributed by atoms with E-state index in [0.717, 1.165) is 0 Å². The summed E-state index contributed by atoms with van der Waals surface area (Å²) in [5.74, 6) is -4.07. The number of sulfonamides is 1. The number of hydrogen-bond acceptors (Lipinski definition) is 6.